The van der Waals surface area contributed by atoms with Crippen LogP contribution in [0.5, 0.6) is 0 Å². The highest BCUT2D eigenvalue weighted by Gasteiger charge is 2.33. The van der Waals surface area contributed by atoms with Gasteiger partial charge in [-0.2, -0.15) is 0 Å². The van der Waals surface area contributed by atoms with Gasteiger partial charge in [0.15, 0.2) is 5.69 Å². The zero-order valence-corrected chi connectivity index (χ0v) is 22.6. The van der Waals surface area contributed by atoms with E-state index < -0.39 is 11.6 Å². The zero-order valence-electron chi connectivity index (χ0n) is 21.8. The molecule has 0 bridgehead atoms. The molecule has 0 aromatic carbocycles. The van der Waals surface area contributed by atoms with E-state index in [1.54, 1.807) is 12.3 Å². The smallest absolute Gasteiger partial charge is 0.410 e. The molecule has 2 atom stereocenters. The molecule has 1 amide bonds. The fourth-order valence-electron chi connectivity index (χ4n) is 3.58. The lowest BCUT2D eigenvalue weighted by Gasteiger charge is -2.37. The number of hydrogen-bond acceptors (Lipinski definition) is 7. The van der Waals surface area contributed by atoms with Crippen LogP contribution in [0.2, 0.25) is 0 Å². The van der Waals surface area contributed by atoms with Crippen LogP contribution in [0.4, 0.5) is 4.79 Å². The van der Waals surface area contributed by atoms with Gasteiger partial charge in [0.1, 0.15) is 16.7 Å². The number of esters is 1. The molecule has 8 heteroatoms. The molecular weight excluding hydrogens is 440 g/mol. The Labute approximate surface area is 204 Å². The zero-order chi connectivity index (χ0) is 25.0. The van der Waals surface area contributed by atoms with Gasteiger partial charge in [-0.05, 0) is 47.0 Å². The molecule has 0 unspecified atom stereocenters. The van der Waals surface area contributed by atoms with Crippen LogP contribution in [-0.4, -0.2) is 53.3 Å². The molecule has 0 aliphatic rings. The van der Waals surface area contributed by atoms with Crippen molar-refractivity contribution in [3.63, 3.8) is 0 Å². The monoisotopic (exact) mass is 484 g/mol. The Bertz CT molecular complexity index is 714. The molecule has 1 heterocycles. The van der Waals surface area contributed by atoms with E-state index >= 15 is 0 Å². The van der Waals surface area contributed by atoms with Crippen molar-refractivity contribution in [2.45, 2.75) is 105 Å². The molecule has 0 saturated carbocycles. The molecule has 0 aliphatic heterocycles. The molecule has 0 radical (unpaired) electrons. The summed E-state index contributed by atoms with van der Waals surface area (Å²) in [6.07, 6.45) is 4.25. The normalized spacial score (nSPS) is 13.6. The Morgan fingerprint density at radius 1 is 1.09 bits per heavy atom. The van der Waals surface area contributed by atoms with E-state index in [0.29, 0.717) is 31.9 Å². The molecule has 7 nitrogen and oxygen atoms in total. The Morgan fingerprint density at radius 3 is 2.33 bits per heavy atom. The van der Waals surface area contributed by atoms with E-state index in [1.165, 1.54) is 11.3 Å². The van der Waals surface area contributed by atoms with Crippen molar-refractivity contribution < 1.29 is 23.8 Å². The average Bonchev–Trinajstić information content (AvgIpc) is 3.21. The SMILES string of the molecule is CCCCCCN(C(=O)OC(C)(C)C)[C@H](C[C@@H](OCC)c1nc(C(=O)OCC)cs1)C(C)C. The summed E-state index contributed by atoms with van der Waals surface area (Å²) in [5, 5.41) is 2.43. The number of amides is 1. The molecule has 0 spiro atoms. The van der Waals surface area contributed by atoms with Crippen molar-refractivity contribution in [2.75, 3.05) is 19.8 Å². The van der Waals surface area contributed by atoms with E-state index in [0.717, 1.165) is 30.7 Å². The first-order chi connectivity index (χ1) is 15.5. The minimum absolute atomic E-state index is 0.0898. The van der Waals surface area contributed by atoms with Crippen LogP contribution >= 0.6 is 11.3 Å². The van der Waals surface area contributed by atoms with Crippen LogP contribution in [0, 0.1) is 5.92 Å². The van der Waals surface area contributed by atoms with Crippen LogP contribution in [0.1, 0.15) is 109 Å². The number of unbranched alkanes of at least 4 members (excludes halogenated alkanes) is 3. The van der Waals surface area contributed by atoms with Gasteiger partial charge in [0.05, 0.1) is 6.61 Å². The molecule has 33 heavy (non-hydrogen) atoms. The summed E-state index contributed by atoms with van der Waals surface area (Å²) in [5.74, 6) is -0.238. The number of nitrogens with zero attached hydrogens (tertiary/aromatic N) is 2. The van der Waals surface area contributed by atoms with Crippen molar-refractivity contribution in [2.24, 2.45) is 5.92 Å². The van der Waals surface area contributed by atoms with E-state index in [4.69, 9.17) is 14.2 Å². The maximum Gasteiger partial charge on any atom is 0.410 e. The minimum atomic E-state index is -0.566. The summed E-state index contributed by atoms with van der Waals surface area (Å²) in [4.78, 5) is 31.6. The van der Waals surface area contributed by atoms with Crippen LogP contribution in [0.15, 0.2) is 5.38 Å². The third-order valence-corrected chi connectivity index (χ3v) is 6.09. The predicted octanol–water partition coefficient (Wildman–Crippen LogP) is 6.63. The third kappa shape index (κ3) is 10.4. The van der Waals surface area contributed by atoms with Gasteiger partial charge in [-0.1, -0.05) is 40.0 Å². The van der Waals surface area contributed by atoms with Crippen molar-refractivity contribution in [3.8, 4) is 0 Å². The fraction of sp³-hybridized carbons (Fsp3) is 0.800. The van der Waals surface area contributed by atoms with Crippen LogP contribution in [0.25, 0.3) is 0 Å². The van der Waals surface area contributed by atoms with Gasteiger partial charge in [0.25, 0.3) is 0 Å². The van der Waals surface area contributed by atoms with E-state index in [9.17, 15) is 9.59 Å². The van der Waals surface area contributed by atoms with E-state index in [-0.39, 0.29) is 24.2 Å². The highest BCUT2D eigenvalue weighted by Crippen LogP contribution is 2.31. The van der Waals surface area contributed by atoms with Crippen molar-refractivity contribution in [1.82, 2.24) is 9.88 Å². The first-order valence-corrected chi connectivity index (χ1v) is 13.2. The maximum atomic E-state index is 13.2. The highest BCUT2D eigenvalue weighted by molar-refractivity contribution is 7.09. The van der Waals surface area contributed by atoms with Gasteiger partial charge in [-0.25, -0.2) is 14.6 Å². The van der Waals surface area contributed by atoms with Crippen LogP contribution < -0.4 is 0 Å². The Morgan fingerprint density at radius 2 is 1.79 bits per heavy atom. The van der Waals surface area contributed by atoms with Gasteiger partial charge >= 0.3 is 12.1 Å². The molecule has 1 rings (SSSR count). The van der Waals surface area contributed by atoms with Gasteiger partial charge in [0, 0.05) is 31.0 Å². The first kappa shape index (κ1) is 29.4. The third-order valence-electron chi connectivity index (χ3n) is 5.16. The standard InChI is InChI=1S/C25H44N2O5S/c1-9-12-13-14-15-27(24(29)32-25(6,7)8)20(18(4)5)16-21(30-10-2)22-26-19(17-33-22)23(28)31-11-3/h17-18,20-21H,9-16H2,1-8H3/t20-,21-/m1/s1. The summed E-state index contributed by atoms with van der Waals surface area (Å²) in [6, 6.07) is -0.0898. The summed E-state index contributed by atoms with van der Waals surface area (Å²) in [7, 11) is 0. The van der Waals surface area contributed by atoms with E-state index in [1.807, 2.05) is 32.6 Å². The van der Waals surface area contributed by atoms with Gasteiger partial charge < -0.3 is 19.1 Å². The van der Waals surface area contributed by atoms with Crippen molar-refractivity contribution in [3.05, 3.63) is 16.1 Å². The Hall–Kier alpha value is -1.67. The second kappa shape index (κ2) is 14.6. The van der Waals surface area contributed by atoms with Gasteiger partial charge in [-0.3, -0.25) is 0 Å². The molecule has 190 valence electrons. The molecule has 0 N–H and O–H groups in total. The quantitative estimate of drug-likeness (QED) is 0.218. The maximum absolute atomic E-state index is 13.2. The largest absolute Gasteiger partial charge is 0.461 e. The molecule has 0 fully saturated rings. The molecule has 1 aromatic rings. The summed E-state index contributed by atoms with van der Waals surface area (Å²) >= 11 is 1.39. The molecule has 0 aliphatic carbocycles. The van der Waals surface area contributed by atoms with Gasteiger partial charge in [-0.15, -0.1) is 11.3 Å². The van der Waals surface area contributed by atoms with Gasteiger partial charge in [0.2, 0.25) is 0 Å². The number of carbonyl (C=O) groups is 2. The lowest BCUT2D eigenvalue weighted by atomic mass is 9.95. The van der Waals surface area contributed by atoms with Crippen molar-refractivity contribution in [1.29, 1.82) is 0 Å². The average molecular weight is 485 g/mol. The first-order valence-electron chi connectivity index (χ1n) is 12.3. The second-order valence-corrected chi connectivity index (χ2v) is 10.4. The Kier molecular flexibility index (Phi) is 13.0. The van der Waals surface area contributed by atoms with Crippen LogP contribution in [-0.2, 0) is 14.2 Å². The minimum Gasteiger partial charge on any atom is -0.461 e. The summed E-state index contributed by atoms with van der Waals surface area (Å²) in [6.45, 7) is 17.2. The molecule has 0 saturated heterocycles. The summed E-state index contributed by atoms with van der Waals surface area (Å²) in [5.41, 5.74) is -0.269. The summed E-state index contributed by atoms with van der Waals surface area (Å²) < 4.78 is 16.9. The molecule has 1 aromatic heterocycles. The number of ether oxygens (including phenoxy) is 3. The fourth-order valence-corrected chi connectivity index (χ4v) is 4.42. The number of aromatic nitrogens is 1. The lowest BCUT2D eigenvalue weighted by molar-refractivity contribution is -0.00821. The van der Waals surface area contributed by atoms with Crippen molar-refractivity contribution >= 4 is 23.4 Å². The number of thiazole rings is 1. The predicted molar refractivity (Wildman–Crippen MR) is 133 cm³/mol. The van der Waals surface area contributed by atoms with Crippen LogP contribution in [0.3, 0.4) is 0 Å². The Balaban J connectivity index is 3.14. The number of rotatable bonds is 14. The number of hydrogen-bond donors (Lipinski definition) is 0. The second-order valence-electron chi connectivity index (χ2n) is 9.52. The molecular formula is C25H44N2O5S. The topological polar surface area (TPSA) is 78.0 Å². The number of carbonyl (C=O) groups excluding carboxylic acids is 2. The lowest BCUT2D eigenvalue weighted by Crippen LogP contribution is -2.47. The van der Waals surface area contributed by atoms with E-state index in [2.05, 4.69) is 25.8 Å². The highest BCUT2D eigenvalue weighted by atomic mass is 32.1.